The van der Waals surface area contributed by atoms with Crippen LogP contribution >= 0.6 is 0 Å². The van der Waals surface area contributed by atoms with Gasteiger partial charge in [-0.25, -0.2) is 0 Å². The van der Waals surface area contributed by atoms with Crippen molar-refractivity contribution in [2.75, 3.05) is 0 Å². The summed E-state index contributed by atoms with van der Waals surface area (Å²) in [7, 11) is 0. The normalized spacial score (nSPS) is 15.3. The van der Waals surface area contributed by atoms with Crippen LogP contribution in [0.3, 0.4) is 0 Å². The molecule has 0 saturated carbocycles. The van der Waals surface area contributed by atoms with Crippen LogP contribution < -0.4 is 0 Å². The first-order valence-electron chi connectivity index (χ1n) is 7.25. The SMILES string of the molecule is CC1(C)c2ccccc2Cc2c1[nH]c1cc(C#N)ccc21. The molecule has 1 aromatic heterocycles. The third-order valence-electron chi connectivity index (χ3n) is 4.72. The molecular formula is C19H16N2. The zero-order chi connectivity index (χ0) is 14.6. The minimum absolute atomic E-state index is 0.0317. The number of nitrogens with one attached hydrogen (secondary N) is 1. The van der Waals surface area contributed by atoms with Crippen molar-refractivity contribution in [3.05, 3.63) is 70.4 Å². The maximum Gasteiger partial charge on any atom is 0.0992 e. The lowest BCUT2D eigenvalue weighted by Crippen LogP contribution is -2.26. The van der Waals surface area contributed by atoms with Gasteiger partial charge in [0.05, 0.1) is 11.6 Å². The van der Waals surface area contributed by atoms with Gasteiger partial charge in [0.1, 0.15) is 0 Å². The largest absolute Gasteiger partial charge is 0.357 e. The summed E-state index contributed by atoms with van der Waals surface area (Å²) in [6.07, 6.45) is 0.959. The fraction of sp³-hybridized carbons (Fsp3) is 0.211. The smallest absolute Gasteiger partial charge is 0.0992 e. The Labute approximate surface area is 124 Å². The zero-order valence-electron chi connectivity index (χ0n) is 12.2. The molecule has 2 nitrogen and oxygen atoms in total. The van der Waals surface area contributed by atoms with Crippen LogP contribution in [0, 0.1) is 11.3 Å². The number of benzene rings is 2. The van der Waals surface area contributed by atoms with Crippen molar-refractivity contribution < 1.29 is 0 Å². The van der Waals surface area contributed by atoms with Gasteiger partial charge in [-0.2, -0.15) is 5.26 Å². The molecule has 1 aliphatic carbocycles. The highest BCUT2D eigenvalue weighted by atomic mass is 14.8. The van der Waals surface area contributed by atoms with Crippen LogP contribution in [0.25, 0.3) is 10.9 Å². The Morgan fingerprint density at radius 2 is 1.95 bits per heavy atom. The number of rotatable bonds is 0. The summed E-state index contributed by atoms with van der Waals surface area (Å²) in [5, 5.41) is 10.3. The molecule has 21 heavy (non-hydrogen) atoms. The van der Waals surface area contributed by atoms with E-state index in [9.17, 15) is 0 Å². The Morgan fingerprint density at radius 1 is 1.14 bits per heavy atom. The lowest BCUT2D eigenvalue weighted by Gasteiger charge is -2.32. The van der Waals surface area contributed by atoms with Crippen LogP contribution in [-0.4, -0.2) is 4.98 Å². The fourth-order valence-electron chi connectivity index (χ4n) is 3.65. The molecule has 3 aromatic rings. The fourth-order valence-corrected chi connectivity index (χ4v) is 3.65. The second-order valence-electron chi connectivity index (χ2n) is 6.31. The number of H-pyrrole nitrogens is 1. The summed E-state index contributed by atoms with van der Waals surface area (Å²) in [4.78, 5) is 3.57. The van der Waals surface area contributed by atoms with Gasteiger partial charge >= 0.3 is 0 Å². The first kappa shape index (κ1) is 12.2. The maximum atomic E-state index is 9.08. The molecule has 0 fully saturated rings. The number of fused-ring (bicyclic) bond motifs is 4. The number of aromatic amines is 1. The van der Waals surface area contributed by atoms with Crippen molar-refractivity contribution in [1.82, 2.24) is 4.98 Å². The van der Waals surface area contributed by atoms with E-state index in [2.05, 4.69) is 55.2 Å². The van der Waals surface area contributed by atoms with Gasteiger partial charge in [0.25, 0.3) is 0 Å². The molecule has 0 spiro atoms. The summed E-state index contributed by atoms with van der Waals surface area (Å²) in [6, 6.07) is 16.8. The molecule has 0 amide bonds. The van der Waals surface area contributed by atoms with Crippen LogP contribution in [-0.2, 0) is 11.8 Å². The number of nitriles is 1. The van der Waals surface area contributed by atoms with Gasteiger partial charge in [0, 0.05) is 28.4 Å². The molecule has 0 aliphatic heterocycles. The van der Waals surface area contributed by atoms with Crippen molar-refractivity contribution in [3.63, 3.8) is 0 Å². The first-order chi connectivity index (χ1) is 10.1. The van der Waals surface area contributed by atoms with Gasteiger partial charge in [-0.1, -0.05) is 44.2 Å². The molecule has 0 saturated heterocycles. The Balaban J connectivity index is 2.04. The topological polar surface area (TPSA) is 39.6 Å². The number of hydrogen-bond donors (Lipinski definition) is 1. The summed E-state index contributed by atoms with van der Waals surface area (Å²) in [5.41, 5.74) is 7.20. The third kappa shape index (κ3) is 1.58. The molecule has 0 bridgehead atoms. The Bertz CT molecular complexity index is 907. The first-order valence-corrected chi connectivity index (χ1v) is 7.25. The predicted octanol–water partition coefficient (Wildman–Crippen LogP) is 4.27. The molecule has 102 valence electrons. The Hall–Kier alpha value is -2.53. The zero-order valence-corrected chi connectivity index (χ0v) is 12.2. The quantitative estimate of drug-likeness (QED) is 0.652. The van der Waals surface area contributed by atoms with E-state index in [1.807, 2.05) is 12.1 Å². The summed E-state index contributed by atoms with van der Waals surface area (Å²) in [6.45, 7) is 4.54. The standard InChI is InChI=1S/C19H16N2/c1-19(2)16-6-4-3-5-13(16)10-15-14-8-7-12(11-20)9-17(14)21-18(15)19/h3-9,21H,10H2,1-2H3. The van der Waals surface area contributed by atoms with Gasteiger partial charge in [-0.05, 0) is 28.8 Å². The maximum absolute atomic E-state index is 9.08. The second-order valence-corrected chi connectivity index (χ2v) is 6.31. The van der Waals surface area contributed by atoms with E-state index in [0.29, 0.717) is 5.56 Å². The average Bonchev–Trinajstić information content (AvgIpc) is 2.86. The molecule has 0 unspecified atom stereocenters. The van der Waals surface area contributed by atoms with E-state index < -0.39 is 0 Å². The van der Waals surface area contributed by atoms with E-state index in [-0.39, 0.29) is 5.41 Å². The second kappa shape index (κ2) is 3.99. The molecular weight excluding hydrogens is 256 g/mol. The molecule has 2 heteroatoms. The van der Waals surface area contributed by atoms with E-state index >= 15 is 0 Å². The lowest BCUT2D eigenvalue weighted by atomic mass is 9.72. The van der Waals surface area contributed by atoms with E-state index in [0.717, 1.165) is 11.9 Å². The third-order valence-corrected chi connectivity index (χ3v) is 4.72. The highest BCUT2D eigenvalue weighted by molar-refractivity contribution is 5.87. The molecule has 1 aliphatic rings. The van der Waals surface area contributed by atoms with E-state index in [1.165, 1.54) is 27.8 Å². The van der Waals surface area contributed by atoms with Crippen molar-refractivity contribution in [2.24, 2.45) is 0 Å². The Kier molecular flexibility index (Phi) is 2.32. The minimum atomic E-state index is -0.0317. The number of aromatic nitrogens is 1. The van der Waals surface area contributed by atoms with Crippen LogP contribution in [0.15, 0.2) is 42.5 Å². The lowest BCUT2D eigenvalue weighted by molar-refractivity contribution is 0.595. The number of nitrogens with zero attached hydrogens (tertiary/aromatic N) is 1. The van der Waals surface area contributed by atoms with Gasteiger partial charge in [-0.3, -0.25) is 0 Å². The van der Waals surface area contributed by atoms with Crippen LogP contribution in [0.1, 0.15) is 41.8 Å². The van der Waals surface area contributed by atoms with E-state index in [4.69, 9.17) is 5.26 Å². The van der Waals surface area contributed by atoms with Crippen molar-refractivity contribution in [2.45, 2.75) is 25.7 Å². The van der Waals surface area contributed by atoms with Crippen molar-refractivity contribution in [1.29, 1.82) is 5.26 Å². The van der Waals surface area contributed by atoms with Crippen LogP contribution in [0.2, 0.25) is 0 Å². The van der Waals surface area contributed by atoms with E-state index in [1.54, 1.807) is 0 Å². The van der Waals surface area contributed by atoms with Crippen molar-refractivity contribution in [3.8, 4) is 6.07 Å². The summed E-state index contributed by atoms with van der Waals surface area (Å²) in [5.74, 6) is 0. The summed E-state index contributed by atoms with van der Waals surface area (Å²) >= 11 is 0. The molecule has 1 N–H and O–H groups in total. The van der Waals surface area contributed by atoms with Gasteiger partial charge in [0.15, 0.2) is 0 Å². The molecule has 4 rings (SSSR count). The predicted molar refractivity (Wildman–Crippen MR) is 84.4 cm³/mol. The molecule has 1 heterocycles. The molecule has 0 atom stereocenters. The number of hydrogen-bond acceptors (Lipinski definition) is 1. The molecule has 2 aromatic carbocycles. The minimum Gasteiger partial charge on any atom is -0.357 e. The summed E-state index contributed by atoms with van der Waals surface area (Å²) < 4.78 is 0. The monoisotopic (exact) mass is 272 g/mol. The highest BCUT2D eigenvalue weighted by Gasteiger charge is 2.34. The van der Waals surface area contributed by atoms with Crippen LogP contribution in [0.5, 0.6) is 0 Å². The van der Waals surface area contributed by atoms with Crippen LogP contribution in [0.4, 0.5) is 0 Å². The Morgan fingerprint density at radius 3 is 2.76 bits per heavy atom. The van der Waals surface area contributed by atoms with Gasteiger partial charge in [0.2, 0.25) is 0 Å². The van der Waals surface area contributed by atoms with Gasteiger partial charge in [-0.15, -0.1) is 0 Å². The average molecular weight is 272 g/mol. The van der Waals surface area contributed by atoms with Gasteiger partial charge < -0.3 is 4.98 Å². The van der Waals surface area contributed by atoms with Crippen molar-refractivity contribution >= 4 is 10.9 Å². The highest BCUT2D eigenvalue weighted by Crippen LogP contribution is 2.43. The molecule has 0 radical (unpaired) electrons.